The van der Waals surface area contributed by atoms with Gasteiger partial charge in [-0.25, -0.2) is 4.79 Å². The summed E-state index contributed by atoms with van der Waals surface area (Å²) in [5.74, 6) is -0.923. The molecule has 3 heterocycles. The van der Waals surface area contributed by atoms with Gasteiger partial charge in [-0.1, -0.05) is 0 Å². The number of fused-ring (bicyclic) bond motifs is 2. The fourth-order valence-corrected chi connectivity index (χ4v) is 3.85. The number of carbonyl (C=O) groups excluding carboxylic acids is 1. The molecule has 6 atom stereocenters. The lowest BCUT2D eigenvalue weighted by Gasteiger charge is -2.51. The Labute approximate surface area is 184 Å². The molecule has 0 aromatic heterocycles. The third kappa shape index (κ3) is 4.75. The topological polar surface area (TPSA) is 131 Å². The predicted molar refractivity (Wildman–Crippen MR) is 106 cm³/mol. The predicted octanol–water partition coefficient (Wildman–Crippen LogP) is 1.03. The van der Waals surface area contributed by atoms with Crippen LogP contribution in [0.2, 0.25) is 0 Å². The minimum atomic E-state index is -1.16. The quantitative estimate of drug-likeness (QED) is 0.644. The van der Waals surface area contributed by atoms with Gasteiger partial charge in [-0.15, -0.1) is 0 Å². The minimum Gasteiger partial charge on any atom is -0.479 e. The first kappa shape index (κ1) is 22.6. The van der Waals surface area contributed by atoms with Crippen molar-refractivity contribution in [3.63, 3.8) is 0 Å². The van der Waals surface area contributed by atoms with Gasteiger partial charge in [0.2, 0.25) is 19.0 Å². The molecule has 6 unspecified atom stereocenters. The lowest BCUT2D eigenvalue weighted by Crippen LogP contribution is -2.70. The Kier molecular flexibility index (Phi) is 6.17. The summed E-state index contributed by atoms with van der Waals surface area (Å²) in [6.45, 7) is 6.52. The van der Waals surface area contributed by atoms with Crippen LogP contribution in [0.15, 0.2) is 18.2 Å². The van der Waals surface area contributed by atoms with Crippen LogP contribution in [-0.2, 0) is 28.5 Å². The average molecular weight is 453 g/mol. The van der Waals surface area contributed by atoms with Gasteiger partial charge in [-0.05, 0) is 32.9 Å². The van der Waals surface area contributed by atoms with Crippen molar-refractivity contribution in [1.82, 2.24) is 5.32 Å². The van der Waals surface area contributed by atoms with E-state index in [1.165, 1.54) is 13.8 Å². The van der Waals surface area contributed by atoms with Gasteiger partial charge in [0.25, 0.3) is 0 Å². The van der Waals surface area contributed by atoms with E-state index >= 15 is 0 Å². The molecule has 0 aliphatic carbocycles. The first-order valence-electron chi connectivity index (χ1n) is 10.3. The molecule has 0 saturated carbocycles. The van der Waals surface area contributed by atoms with Crippen LogP contribution in [-0.4, -0.2) is 72.9 Å². The lowest BCUT2D eigenvalue weighted by molar-refractivity contribution is -0.366. The third-order valence-corrected chi connectivity index (χ3v) is 5.34. The number of hydrogen-bond acceptors (Lipinski definition) is 9. The maximum atomic E-state index is 12.0. The Hall–Kier alpha value is -2.60. The van der Waals surface area contributed by atoms with Crippen LogP contribution in [0.3, 0.4) is 0 Å². The van der Waals surface area contributed by atoms with E-state index in [1.807, 2.05) is 0 Å². The fraction of sp³-hybridized carbons (Fsp3) is 0.619. The number of carbonyl (C=O) groups is 2. The van der Waals surface area contributed by atoms with E-state index in [1.54, 1.807) is 32.0 Å². The molecule has 3 aliphatic heterocycles. The summed E-state index contributed by atoms with van der Waals surface area (Å²) in [6.07, 6.45) is -4.37. The number of carboxylic acid groups (broad SMARTS) is 1. The SMILES string of the molecule is CC(=O)NC1C(Oc2ccc3c(c2)OCO3)OC2COC(C)(C)OC2C1OC(C)C(=O)O. The molecule has 1 aromatic carbocycles. The fourth-order valence-electron chi connectivity index (χ4n) is 3.85. The second-order valence-corrected chi connectivity index (χ2v) is 8.28. The van der Waals surface area contributed by atoms with Crippen LogP contribution < -0.4 is 19.5 Å². The van der Waals surface area contributed by atoms with Gasteiger partial charge in [0.15, 0.2) is 23.4 Å². The summed E-state index contributed by atoms with van der Waals surface area (Å²) in [7, 11) is 0. The molecular formula is C21H27NO10. The van der Waals surface area contributed by atoms with E-state index in [2.05, 4.69) is 5.32 Å². The summed E-state index contributed by atoms with van der Waals surface area (Å²) in [6, 6.07) is 4.16. The Morgan fingerprint density at radius 3 is 2.72 bits per heavy atom. The molecule has 11 heteroatoms. The monoisotopic (exact) mass is 453 g/mol. The van der Waals surface area contributed by atoms with Crippen LogP contribution in [0.4, 0.5) is 0 Å². The summed E-state index contributed by atoms with van der Waals surface area (Å²) < 4.78 is 40.5. The number of ether oxygens (including phenoxy) is 7. The molecule has 176 valence electrons. The van der Waals surface area contributed by atoms with Crippen molar-refractivity contribution >= 4 is 11.9 Å². The zero-order chi connectivity index (χ0) is 23.0. The highest BCUT2D eigenvalue weighted by molar-refractivity contribution is 5.73. The summed E-state index contributed by atoms with van der Waals surface area (Å²) in [5.41, 5.74) is 0. The van der Waals surface area contributed by atoms with E-state index in [-0.39, 0.29) is 19.3 Å². The van der Waals surface area contributed by atoms with Crippen LogP contribution >= 0.6 is 0 Å². The smallest absolute Gasteiger partial charge is 0.332 e. The van der Waals surface area contributed by atoms with Crippen molar-refractivity contribution in [3.05, 3.63) is 18.2 Å². The molecule has 2 saturated heterocycles. The Morgan fingerprint density at radius 2 is 2.00 bits per heavy atom. The van der Waals surface area contributed by atoms with Gasteiger partial charge in [0.05, 0.1) is 6.61 Å². The minimum absolute atomic E-state index is 0.116. The van der Waals surface area contributed by atoms with Gasteiger partial charge in [-0.3, -0.25) is 4.79 Å². The molecule has 4 rings (SSSR count). The summed E-state index contributed by atoms with van der Waals surface area (Å²) in [4.78, 5) is 23.5. The number of nitrogens with one attached hydrogen (secondary N) is 1. The average Bonchev–Trinajstić information content (AvgIpc) is 3.18. The van der Waals surface area contributed by atoms with Gasteiger partial charge in [-0.2, -0.15) is 0 Å². The van der Waals surface area contributed by atoms with E-state index in [0.717, 1.165) is 0 Å². The molecule has 11 nitrogen and oxygen atoms in total. The highest BCUT2D eigenvalue weighted by Crippen LogP contribution is 2.38. The van der Waals surface area contributed by atoms with E-state index in [9.17, 15) is 14.7 Å². The molecular weight excluding hydrogens is 426 g/mol. The Bertz CT molecular complexity index is 874. The second-order valence-electron chi connectivity index (χ2n) is 8.28. The first-order valence-corrected chi connectivity index (χ1v) is 10.3. The second kappa shape index (κ2) is 8.74. The van der Waals surface area contributed by atoms with Crippen LogP contribution in [0.25, 0.3) is 0 Å². The standard InChI is InChI=1S/C21H27NO10/c1-10(19(24)25)29-18-16(22-11(2)23)20(31-15-8-28-21(3,4)32-17(15)18)30-12-5-6-13-14(7-12)27-9-26-13/h5-7,10,15-18,20H,8-9H2,1-4H3,(H,22,23)(H,24,25). The zero-order valence-corrected chi connectivity index (χ0v) is 18.2. The van der Waals surface area contributed by atoms with Gasteiger partial charge >= 0.3 is 5.97 Å². The molecule has 0 bridgehead atoms. The largest absolute Gasteiger partial charge is 0.479 e. The van der Waals surface area contributed by atoms with Crippen LogP contribution in [0.1, 0.15) is 27.7 Å². The van der Waals surface area contributed by atoms with Gasteiger partial charge in [0, 0.05) is 13.0 Å². The van der Waals surface area contributed by atoms with Crippen LogP contribution in [0.5, 0.6) is 17.2 Å². The molecule has 2 fully saturated rings. The zero-order valence-electron chi connectivity index (χ0n) is 18.2. The number of aliphatic carboxylic acids is 1. The number of rotatable bonds is 6. The number of amides is 1. The summed E-state index contributed by atoms with van der Waals surface area (Å²) in [5, 5.41) is 12.2. The van der Waals surface area contributed by atoms with Gasteiger partial charge < -0.3 is 43.6 Å². The highest BCUT2D eigenvalue weighted by atomic mass is 16.8. The van der Waals surface area contributed by atoms with Crippen molar-refractivity contribution in [2.75, 3.05) is 13.4 Å². The van der Waals surface area contributed by atoms with Crippen molar-refractivity contribution in [1.29, 1.82) is 0 Å². The Balaban J connectivity index is 1.64. The van der Waals surface area contributed by atoms with Crippen molar-refractivity contribution in [2.24, 2.45) is 0 Å². The number of hydrogen-bond donors (Lipinski definition) is 2. The number of carboxylic acids is 1. The highest BCUT2D eigenvalue weighted by Gasteiger charge is 2.54. The number of benzene rings is 1. The molecule has 0 radical (unpaired) electrons. The lowest BCUT2D eigenvalue weighted by atomic mass is 9.94. The normalized spacial score (nSPS) is 31.3. The molecule has 1 aromatic rings. The molecule has 2 N–H and O–H groups in total. The van der Waals surface area contributed by atoms with E-state index in [0.29, 0.717) is 17.2 Å². The Morgan fingerprint density at radius 1 is 1.25 bits per heavy atom. The molecule has 0 spiro atoms. The van der Waals surface area contributed by atoms with Crippen molar-refractivity contribution in [2.45, 2.75) is 70.2 Å². The molecule has 32 heavy (non-hydrogen) atoms. The van der Waals surface area contributed by atoms with Crippen molar-refractivity contribution in [3.8, 4) is 17.2 Å². The van der Waals surface area contributed by atoms with E-state index in [4.69, 9.17) is 33.2 Å². The molecule has 1 amide bonds. The maximum absolute atomic E-state index is 12.0. The summed E-state index contributed by atoms with van der Waals surface area (Å²) >= 11 is 0. The van der Waals surface area contributed by atoms with Crippen LogP contribution in [0, 0.1) is 0 Å². The van der Waals surface area contributed by atoms with Crippen molar-refractivity contribution < 1.29 is 47.9 Å². The first-order chi connectivity index (χ1) is 15.1. The molecule has 3 aliphatic rings. The third-order valence-electron chi connectivity index (χ3n) is 5.34. The van der Waals surface area contributed by atoms with Gasteiger partial charge in [0.1, 0.15) is 30.1 Å². The maximum Gasteiger partial charge on any atom is 0.332 e. The van der Waals surface area contributed by atoms with E-state index < -0.39 is 48.5 Å².